The van der Waals surface area contributed by atoms with Gasteiger partial charge in [-0.2, -0.15) is 0 Å². The average Bonchev–Trinajstić information content (AvgIpc) is 2.83. The molecular weight excluding hydrogens is 308 g/mol. The lowest BCUT2D eigenvalue weighted by molar-refractivity contribution is 0.0698. The van der Waals surface area contributed by atoms with Gasteiger partial charge in [-0.3, -0.25) is 4.40 Å². The van der Waals surface area contributed by atoms with Crippen LogP contribution in [0.3, 0.4) is 0 Å². The molecule has 2 aromatic heterocycles. The van der Waals surface area contributed by atoms with Crippen LogP contribution in [0.15, 0.2) is 53.3 Å². The average molecular weight is 317 g/mol. The first-order chi connectivity index (χ1) is 9.16. The SMILES string of the molecule is O=C(O)c1cccn2c(-c3ccc(Br)cc3)ncc12. The maximum Gasteiger partial charge on any atom is 0.337 e. The summed E-state index contributed by atoms with van der Waals surface area (Å²) in [5.74, 6) is -0.224. The van der Waals surface area contributed by atoms with E-state index in [0.29, 0.717) is 5.52 Å². The molecule has 19 heavy (non-hydrogen) atoms. The monoisotopic (exact) mass is 316 g/mol. The molecule has 0 bridgehead atoms. The van der Waals surface area contributed by atoms with Gasteiger partial charge in [-0.25, -0.2) is 9.78 Å². The summed E-state index contributed by atoms with van der Waals surface area (Å²) in [6.45, 7) is 0. The fraction of sp³-hybridized carbons (Fsp3) is 0. The summed E-state index contributed by atoms with van der Waals surface area (Å²) in [5, 5.41) is 9.15. The van der Waals surface area contributed by atoms with E-state index >= 15 is 0 Å². The van der Waals surface area contributed by atoms with Gasteiger partial charge in [-0.05, 0) is 24.3 Å². The van der Waals surface area contributed by atoms with Gasteiger partial charge in [0.25, 0.3) is 0 Å². The third kappa shape index (κ3) is 2.02. The smallest absolute Gasteiger partial charge is 0.337 e. The minimum absolute atomic E-state index is 0.248. The van der Waals surface area contributed by atoms with Gasteiger partial charge in [0.2, 0.25) is 0 Å². The number of benzene rings is 1. The van der Waals surface area contributed by atoms with Crippen molar-refractivity contribution < 1.29 is 9.90 Å². The molecule has 0 fully saturated rings. The molecule has 5 heteroatoms. The lowest BCUT2D eigenvalue weighted by Crippen LogP contribution is -1.99. The third-order valence-electron chi connectivity index (χ3n) is 2.90. The van der Waals surface area contributed by atoms with Crippen LogP contribution in [-0.2, 0) is 0 Å². The lowest BCUT2D eigenvalue weighted by atomic mass is 10.2. The zero-order valence-corrected chi connectivity index (χ0v) is 11.3. The van der Waals surface area contributed by atoms with Crippen LogP contribution in [0, 0.1) is 0 Å². The second kappa shape index (κ2) is 4.51. The Morgan fingerprint density at radius 2 is 1.95 bits per heavy atom. The van der Waals surface area contributed by atoms with Gasteiger partial charge in [-0.15, -0.1) is 0 Å². The zero-order valence-electron chi connectivity index (χ0n) is 9.75. The Morgan fingerprint density at radius 3 is 2.63 bits per heavy atom. The fourth-order valence-corrected chi connectivity index (χ4v) is 2.28. The van der Waals surface area contributed by atoms with Gasteiger partial charge in [0, 0.05) is 16.2 Å². The topological polar surface area (TPSA) is 54.6 Å². The summed E-state index contributed by atoms with van der Waals surface area (Å²) < 4.78 is 2.77. The number of nitrogens with zero attached hydrogens (tertiary/aromatic N) is 2. The second-order valence-electron chi connectivity index (χ2n) is 4.07. The maximum absolute atomic E-state index is 11.2. The van der Waals surface area contributed by atoms with Crippen LogP contribution in [0.4, 0.5) is 0 Å². The molecule has 0 aliphatic heterocycles. The lowest BCUT2D eigenvalue weighted by Gasteiger charge is -2.03. The number of halogens is 1. The normalized spacial score (nSPS) is 10.8. The van der Waals surface area contributed by atoms with E-state index in [1.807, 2.05) is 30.5 Å². The molecule has 2 heterocycles. The van der Waals surface area contributed by atoms with Crippen LogP contribution in [0.5, 0.6) is 0 Å². The van der Waals surface area contributed by atoms with Gasteiger partial charge < -0.3 is 5.11 Å². The number of carboxylic acid groups (broad SMARTS) is 1. The molecule has 0 amide bonds. The molecule has 1 aromatic carbocycles. The number of hydrogen-bond acceptors (Lipinski definition) is 2. The highest BCUT2D eigenvalue weighted by Crippen LogP contribution is 2.23. The largest absolute Gasteiger partial charge is 0.478 e. The Labute approximate surface area is 117 Å². The molecular formula is C14H9BrN2O2. The Kier molecular flexibility index (Phi) is 2.83. The fourth-order valence-electron chi connectivity index (χ4n) is 2.02. The van der Waals surface area contributed by atoms with Gasteiger partial charge in [0.1, 0.15) is 5.82 Å². The highest BCUT2D eigenvalue weighted by molar-refractivity contribution is 9.10. The van der Waals surface area contributed by atoms with Gasteiger partial charge in [0.15, 0.2) is 0 Å². The van der Waals surface area contributed by atoms with Crippen molar-refractivity contribution in [1.82, 2.24) is 9.38 Å². The van der Waals surface area contributed by atoms with Crippen LogP contribution in [0.25, 0.3) is 16.9 Å². The van der Waals surface area contributed by atoms with E-state index in [9.17, 15) is 4.79 Å². The van der Waals surface area contributed by atoms with E-state index in [1.54, 1.807) is 22.7 Å². The third-order valence-corrected chi connectivity index (χ3v) is 3.43. The molecule has 4 nitrogen and oxygen atoms in total. The van der Waals surface area contributed by atoms with Crippen molar-refractivity contribution in [2.75, 3.05) is 0 Å². The molecule has 1 N–H and O–H groups in total. The molecule has 94 valence electrons. The number of imidazole rings is 1. The van der Waals surface area contributed by atoms with Gasteiger partial charge in [-0.1, -0.05) is 28.1 Å². The first-order valence-electron chi connectivity index (χ1n) is 5.62. The maximum atomic E-state index is 11.2. The molecule has 0 radical (unpaired) electrons. The summed E-state index contributed by atoms with van der Waals surface area (Å²) in [7, 11) is 0. The van der Waals surface area contributed by atoms with Crippen molar-refractivity contribution in [3.63, 3.8) is 0 Å². The number of rotatable bonds is 2. The first-order valence-corrected chi connectivity index (χ1v) is 6.41. The molecule has 3 rings (SSSR count). The molecule has 0 aliphatic carbocycles. The second-order valence-corrected chi connectivity index (χ2v) is 4.99. The first kappa shape index (κ1) is 11.9. The summed E-state index contributed by atoms with van der Waals surface area (Å²) in [4.78, 5) is 15.5. The summed E-state index contributed by atoms with van der Waals surface area (Å²) in [6, 6.07) is 11.0. The van der Waals surface area contributed by atoms with Crippen LogP contribution < -0.4 is 0 Å². The minimum Gasteiger partial charge on any atom is -0.478 e. The van der Waals surface area contributed by atoms with E-state index < -0.39 is 5.97 Å². The number of carbonyl (C=O) groups is 1. The van der Waals surface area contributed by atoms with Gasteiger partial charge in [0.05, 0.1) is 17.3 Å². The number of aromatic carboxylic acids is 1. The summed E-state index contributed by atoms with van der Waals surface area (Å²) in [6.07, 6.45) is 3.40. The van der Waals surface area contributed by atoms with E-state index in [1.165, 1.54) is 0 Å². The van der Waals surface area contributed by atoms with Crippen LogP contribution in [-0.4, -0.2) is 20.5 Å². The van der Waals surface area contributed by atoms with E-state index in [4.69, 9.17) is 5.11 Å². The Hall–Kier alpha value is -2.14. The minimum atomic E-state index is -0.951. The van der Waals surface area contributed by atoms with Crippen molar-refractivity contribution in [3.8, 4) is 11.4 Å². The van der Waals surface area contributed by atoms with Crippen LogP contribution in [0.1, 0.15) is 10.4 Å². The Morgan fingerprint density at radius 1 is 1.21 bits per heavy atom. The van der Waals surface area contributed by atoms with E-state index in [2.05, 4.69) is 20.9 Å². The molecule has 3 aromatic rings. The molecule has 0 aliphatic rings. The number of hydrogen-bond donors (Lipinski definition) is 1. The van der Waals surface area contributed by atoms with Crippen molar-refractivity contribution in [3.05, 3.63) is 58.8 Å². The van der Waals surface area contributed by atoms with E-state index in [-0.39, 0.29) is 5.56 Å². The molecule has 0 saturated heterocycles. The van der Waals surface area contributed by atoms with Crippen molar-refractivity contribution >= 4 is 27.4 Å². The number of carboxylic acids is 1. The molecule has 0 atom stereocenters. The zero-order chi connectivity index (χ0) is 13.4. The molecule has 0 saturated carbocycles. The standard InChI is InChI=1S/C14H9BrN2O2/c15-10-5-3-9(4-6-10)13-16-8-12-11(14(18)19)2-1-7-17(12)13/h1-8H,(H,18,19). The number of fused-ring (bicyclic) bond motifs is 1. The quantitative estimate of drug-likeness (QED) is 0.787. The van der Waals surface area contributed by atoms with Crippen LogP contribution in [0.2, 0.25) is 0 Å². The summed E-state index contributed by atoms with van der Waals surface area (Å²) in [5.41, 5.74) is 1.78. The van der Waals surface area contributed by atoms with Gasteiger partial charge >= 0.3 is 5.97 Å². The predicted molar refractivity (Wildman–Crippen MR) is 75.3 cm³/mol. The molecule has 0 unspecified atom stereocenters. The molecule has 0 spiro atoms. The number of pyridine rings is 1. The number of aromatic nitrogens is 2. The summed E-state index contributed by atoms with van der Waals surface area (Å²) >= 11 is 3.38. The van der Waals surface area contributed by atoms with Crippen molar-refractivity contribution in [2.45, 2.75) is 0 Å². The van der Waals surface area contributed by atoms with Crippen LogP contribution >= 0.6 is 15.9 Å². The Balaban J connectivity index is 2.24. The highest BCUT2D eigenvalue weighted by Gasteiger charge is 2.12. The highest BCUT2D eigenvalue weighted by atomic mass is 79.9. The Bertz CT molecular complexity index is 763. The predicted octanol–water partition coefficient (Wildman–Crippen LogP) is 3.46. The van der Waals surface area contributed by atoms with Crippen molar-refractivity contribution in [1.29, 1.82) is 0 Å². The van der Waals surface area contributed by atoms with E-state index in [0.717, 1.165) is 15.9 Å². The van der Waals surface area contributed by atoms with Crippen molar-refractivity contribution in [2.24, 2.45) is 0 Å².